The predicted octanol–water partition coefficient (Wildman–Crippen LogP) is 2.75. The molecule has 130 valence electrons. The van der Waals surface area contributed by atoms with Gasteiger partial charge >= 0.3 is 0 Å². The van der Waals surface area contributed by atoms with Gasteiger partial charge in [-0.05, 0) is 39.7 Å². The fourth-order valence-electron chi connectivity index (χ4n) is 2.98. The average Bonchev–Trinajstić information content (AvgIpc) is 2.97. The van der Waals surface area contributed by atoms with Crippen molar-refractivity contribution < 1.29 is 8.42 Å². The molecule has 3 rings (SSSR count). The molecule has 0 aliphatic carbocycles. The van der Waals surface area contributed by atoms with Crippen LogP contribution in [0.15, 0.2) is 12.3 Å². The summed E-state index contributed by atoms with van der Waals surface area (Å²) in [6, 6.07) is 1.91. The Hall–Kier alpha value is -1.38. The summed E-state index contributed by atoms with van der Waals surface area (Å²) in [6.07, 6.45) is 3.42. The van der Waals surface area contributed by atoms with Crippen molar-refractivity contribution in [1.82, 2.24) is 19.3 Å². The molecule has 0 atom stereocenters. The SMILES string of the molecule is CCS(=O)(=O)N1CCC(c2nc(C)c(-c3ccnc(C)n3)s2)CC1. The topological polar surface area (TPSA) is 76.1 Å². The third-order valence-corrected chi connectivity index (χ3v) is 7.61. The lowest BCUT2D eigenvalue weighted by atomic mass is 9.99. The summed E-state index contributed by atoms with van der Waals surface area (Å²) in [4.78, 5) is 14.5. The molecule has 0 amide bonds. The molecule has 6 nitrogen and oxygen atoms in total. The van der Waals surface area contributed by atoms with Gasteiger partial charge in [0.1, 0.15) is 5.82 Å². The number of rotatable bonds is 4. The quantitative estimate of drug-likeness (QED) is 0.831. The second-order valence-corrected chi connectivity index (χ2v) is 9.32. The molecule has 0 bridgehead atoms. The summed E-state index contributed by atoms with van der Waals surface area (Å²) in [5, 5.41) is 1.09. The lowest BCUT2D eigenvalue weighted by Gasteiger charge is -2.29. The molecule has 8 heteroatoms. The van der Waals surface area contributed by atoms with E-state index in [9.17, 15) is 8.42 Å². The van der Waals surface area contributed by atoms with E-state index in [0.29, 0.717) is 19.0 Å². The molecule has 0 aromatic carbocycles. The third kappa shape index (κ3) is 3.50. The number of thiazole rings is 1. The van der Waals surface area contributed by atoms with Crippen LogP contribution < -0.4 is 0 Å². The van der Waals surface area contributed by atoms with E-state index in [-0.39, 0.29) is 5.75 Å². The first kappa shape index (κ1) is 17.4. The molecule has 0 N–H and O–H groups in total. The highest BCUT2D eigenvalue weighted by Crippen LogP contribution is 2.36. The Morgan fingerprint density at radius 1 is 1.25 bits per heavy atom. The van der Waals surface area contributed by atoms with Crippen LogP contribution in [0.2, 0.25) is 0 Å². The standard InChI is InChI=1S/C16H22N4O2S2/c1-4-24(21,22)20-9-6-13(7-10-20)16-18-11(2)15(23-16)14-5-8-17-12(3)19-14/h5,8,13H,4,6-7,9-10H2,1-3H3. The maximum atomic E-state index is 12.0. The first-order chi connectivity index (χ1) is 11.4. The lowest BCUT2D eigenvalue weighted by Crippen LogP contribution is -2.38. The van der Waals surface area contributed by atoms with Crippen molar-refractivity contribution in [3.8, 4) is 10.6 Å². The number of hydrogen-bond donors (Lipinski definition) is 0. The third-order valence-electron chi connectivity index (χ3n) is 4.38. The largest absolute Gasteiger partial charge is 0.246 e. The van der Waals surface area contributed by atoms with Crippen molar-refractivity contribution in [1.29, 1.82) is 0 Å². The van der Waals surface area contributed by atoms with E-state index in [2.05, 4.69) is 9.97 Å². The van der Waals surface area contributed by atoms with Gasteiger partial charge in [-0.2, -0.15) is 0 Å². The Bertz CT molecular complexity index is 824. The van der Waals surface area contributed by atoms with Crippen molar-refractivity contribution in [3.05, 3.63) is 28.8 Å². The monoisotopic (exact) mass is 366 g/mol. The maximum Gasteiger partial charge on any atom is 0.213 e. The van der Waals surface area contributed by atoms with Crippen molar-refractivity contribution in [3.63, 3.8) is 0 Å². The van der Waals surface area contributed by atoms with E-state index in [1.807, 2.05) is 19.9 Å². The van der Waals surface area contributed by atoms with Gasteiger partial charge in [0.15, 0.2) is 0 Å². The molecule has 2 aromatic heterocycles. The zero-order valence-electron chi connectivity index (χ0n) is 14.2. The molecule has 1 aliphatic rings. The second kappa shape index (κ2) is 6.85. The molecule has 1 aliphatic heterocycles. The molecule has 3 heterocycles. The van der Waals surface area contributed by atoms with Gasteiger partial charge in [-0.3, -0.25) is 0 Å². The van der Waals surface area contributed by atoms with Crippen molar-refractivity contribution in [2.75, 3.05) is 18.8 Å². The average molecular weight is 367 g/mol. The summed E-state index contributed by atoms with van der Waals surface area (Å²) < 4.78 is 25.6. The molecular weight excluding hydrogens is 344 g/mol. The van der Waals surface area contributed by atoms with E-state index in [1.165, 1.54) is 0 Å². The van der Waals surface area contributed by atoms with Crippen LogP contribution in [0.25, 0.3) is 10.6 Å². The minimum Gasteiger partial charge on any atom is -0.246 e. The first-order valence-corrected chi connectivity index (χ1v) is 10.6. The zero-order chi connectivity index (χ0) is 17.3. The first-order valence-electron chi connectivity index (χ1n) is 8.16. The molecule has 1 fully saturated rings. The highest BCUT2D eigenvalue weighted by atomic mass is 32.2. The number of aryl methyl sites for hydroxylation is 2. The number of piperidine rings is 1. The summed E-state index contributed by atoms with van der Waals surface area (Å²) in [5.41, 5.74) is 1.89. The smallest absolute Gasteiger partial charge is 0.213 e. The van der Waals surface area contributed by atoms with Crippen molar-refractivity contribution in [2.24, 2.45) is 0 Å². The molecule has 2 aromatic rings. The van der Waals surface area contributed by atoms with Gasteiger partial charge in [-0.25, -0.2) is 27.7 Å². The van der Waals surface area contributed by atoms with Crippen LogP contribution in [0.3, 0.4) is 0 Å². The fourth-order valence-corrected chi connectivity index (χ4v) is 5.31. The fraction of sp³-hybridized carbons (Fsp3) is 0.562. The van der Waals surface area contributed by atoms with Gasteiger partial charge in [-0.15, -0.1) is 11.3 Å². The van der Waals surface area contributed by atoms with Crippen LogP contribution in [0.4, 0.5) is 0 Å². The number of sulfonamides is 1. The van der Waals surface area contributed by atoms with Gasteiger partial charge in [0.2, 0.25) is 10.0 Å². The second-order valence-electron chi connectivity index (χ2n) is 6.03. The Labute approximate surface area is 147 Å². The van der Waals surface area contributed by atoms with E-state index < -0.39 is 10.0 Å². The number of hydrogen-bond acceptors (Lipinski definition) is 6. The molecule has 0 radical (unpaired) electrons. The lowest BCUT2D eigenvalue weighted by molar-refractivity contribution is 0.319. The van der Waals surface area contributed by atoms with Crippen LogP contribution >= 0.6 is 11.3 Å². The highest BCUT2D eigenvalue weighted by Gasteiger charge is 2.29. The van der Waals surface area contributed by atoms with E-state index in [0.717, 1.165) is 39.9 Å². The van der Waals surface area contributed by atoms with Crippen LogP contribution in [-0.2, 0) is 10.0 Å². The van der Waals surface area contributed by atoms with E-state index in [1.54, 1.807) is 28.8 Å². The zero-order valence-corrected chi connectivity index (χ0v) is 15.8. The summed E-state index contributed by atoms with van der Waals surface area (Å²) >= 11 is 1.67. The number of aromatic nitrogens is 3. The van der Waals surface area contributed by atoms with Crippen LogP contribution in [0.5, 0.6) is 0 Å². The van der Waals surface area contributed by atoms with Crippen LogP contribution in [0.1, 0.15) is 42.2 Å². The maximum absolute atomic E-state index is 12.0. The Morgan fingerprint density at radius 3 is 2.58 bits per heavy atom. The van der Waals surface area contributed by atoms with Crippen LogP contribution in [-0.4, -0.2) is 46.5 Å². The van der Waals surface area contributed by atoms with Crippen molar-refractivity contribution in [2.45, 2.75) is 39.5 Å². The summed E-state index contributed by atoms with van der Waals surface area (Å²) in [7, 11) is -3.08. The Balaban J connectivity index is 1.77. The van der Waals surface area contributed by atoms with Gasteiger partial charge in [0, 0.05) is 25.2 Å². The molecule has 0 saturated carbocycles. The van der Waals surface area contributed by atoms with Crippen LogP contribution in [0, 0.1) is 13.8 Å². The number of nitrogens with zero attached hydrogens (tertiary/aromatic N) is 4. The highest BCUT2D eigenvalue weighted by molar-refractivity contribution is 7.89. The van der Waals surface area contributed by atoms with Gasteiger partial charge < -0.3 is 0 Å². The minimum absolute atomic E-state index is 0.172. The Morgan fingerprint density at radius 2 is 1.96 bits per heavy atom. The minimum atomic E-state index is -3.08. The predicted molar refractivity (Wildman–Crippen MR) is 95.6 cm³/mol. The Kier molecular flexibility index (Phi) is 4.98. The van der Waals surface area contributed by atoms with Gasteiger partial charge in [0.05, 0.1) is 27.0 Å². The molecule has 24 heavy (non-hydrogen) atoms. The normalized spacial score (nSPS) is 17.3. The summed E-state index contributed by atoms with van der Waals surface area (Å²) in [6.45, 7) is 6.75. The molecular formula is C16H22N4O2S2. The van der Waals surface area contributed by atoms with Crippen molar-refractivity contribution >= 4 is 21.4 Å². The molecule has 0 spiro atoms. The van der Waals surface area contributed by atoms with Gasteiger partial charge in [-0.1, -0.05) is 0 Å². The molecule has 1 saturated heterocycles. The molecule has 0 unspecified atom stereocenters. The van der Waals surface area contributed by atoms with Gasteiger partial charge in [0.25, 0.3) is 0 Å². The van der Waals surface area contributed by atoms with E-state index >= 15 is 0 Å². The summed E-state index contributed by atoms with van der Waals surface area (Å²) in [5.74, 6) is 1.25. The van der Waals surface area contributed by atoms with E-state index in [4.69, 9.17) is 4.98 Å².